The molecule has 3 nitrogen and oxygen atoms in total. The van der Waals surface area contributed by atoms with Gasteiger partial charge in [0, 0.05) is 0 Å². The van der Waals surface area contributed by atoms with Crippen molar-refractivity contribution in [1.82, 2.24) is 0 Å². The van der Waals surface area contributed by atoms with Gasteiger partial charge in [-0.1, -0.05) is 18.2 Å². The van der Waals surface area contributed by atoms with E-state index in [1.54, 1.807) is 18.2 Å². The third-order valence-corrected chi connectivity index (χ3v) is 1.91. The molecule has 0 aliphatic carbocycles. The fraction of sp³-hybridized carbons (Fsp3) is 0. The molecule has 0 atom stereocenters. The summed E-state index contributed by atoms with van der Waals surface area (Å²) in [4.78, 5) is -0.0741. The summed E-state index contributed by atoms with van der Waals surface area (Å²) in [6, 6.07) is 7.42. The fourth-order valence-electron chi connectivity index (χ4n) is 0.592. The van der Waals surface area contributed by atoms with Crippen LogP contribution in [0.15, 0.2) is 35.2 Å². The van der Waals surface area contributed by atoms with Crippen molar-refractivity contribution in [3.8, 4) is 0 Å². The smallest absolute Gasteiger partial charge is 1.00 e. The van der Waals surface area contributed by atoms with Crippen LogP contribution >= 0.6 is 0 Å². The predicted octanol–water partition coefficient (Wildman–Crippen LogP) is -1.95. The zero-order valence-corrected chi connectivity index (χ0v) is 11.8. The van der Waals surface area contributed by atoms with Gasteiger partial charge in [0.25, 0.3) is 10.1 Å². The van der Waals surface area contributed by atoms with Gasteiger partial charge in [-0.05, 0) is 12.1 Å². The average Bonchev–Trinajstić information content (AvgIpc) is 1.88. The van der Waals surface area contributed by atoms with Crippen LogP contribution in [0.1, 0.15) is 1.43 Å². The Bertz CT molecular complexity index is 311. The molecular weight excluding hydrogens is 238 g/mol. The maximum absolute atomic E-state index is 10.4. The third-order valence-electron chi connectivity index (χ3n) is 1.04. The van der Waals surface area contributed by atoms with Crippen molar-refractivity contribution in [1.29, 1.82) is 0 Å². The van der Waals surface area contributed by atoms with E-state index in [9.17, 15) is 8.42 Å². The molecule has 0 amide bonds. The quantitative estimate of drug-likeness (QED) is 0.585. The molecule has 1 aromatic rings. The molecule has 0 saturated carbocycles. The van der Waals surface area contributed by atoms with Crippen molar-refractivity contribution < 1.29 is 72.6 Å². The van der Waals surface area contributed by atoms with Crippen molar-refractivity contribution in [2.45, 2.75) is 4.90 Å². The summed E-state index contributed by atoms with van der Waals surface area (Å²) in [5.41, 5.74) is 0. The van der Waals surface area contributed by atoms with E-state index in [1.807, 2.05) is 0 Å². The second-order valence-corrected chi connectivity index (χ2v) is 3.21. The van der Waals surface area contributed by atoms with Gasteiger partial charge in [-0.3, -0.25) is 4.55 Å². The molecule has 0 aliphatic heterocycles. The van der Waals surface area contributed by atoms with Crippen LogP contribution in [-0.2, 0) is 10.1 Å². The Kier molecular flexibility index (Phi) is 5.25. The normalized spacial score (nSPS) is 10.3. The van der Waals surface area contributed by atoms with Gasteiger partial charge < -0.3 is 1.43 Å². The topological polar surface area (TPSA) is 54.4 Å². The van der Waals surface area contributed by atoms with Crippen LogP contribution in [-0.4, -0.2) is 13.0 Å². The molecule has 0 unspecified atom stereocenters. The predicted molar refractivity (Wildman–Crippen MR) is 37.4 cm³/mol. The fourth-order valence-corrected chi connectivity index (χ4v) is 1.09. The Morgan fingerprint density at radius 3 is 1.91 bits per heavy atom. The van der Waals surface area contributed by atoms with Crippen LogP contribution in [0.5, 0.6) is 0 Å². The molecule has 1 aromatic carbocycles. The molecule has 56 valence electrons. The molecule has 11 heavy (non-hydrogen) atoms. The monoisotopic (exact) mass is 244 g/mol. The first-order valence-electron chi connectivity index (χ1n) is 2.63. The molecule has 5 heteroatoms. The molecule has 0 heterocycles. The van der Waals surface area contributed by atoms with E-state index in [1.165, 1.54) is 12.1 Å². The van der Waals surface area contributed by atoms with Crippen LogP contribution in [0.4, 0.5) is 0 Å². The molecule has 0 bridgehead atoms. The third kappa shape index (κ3) is 3.91. The van der Waals surface area contributed by atoms with E-state index in [4.69, 9.17) is 4.55 Å². The van der Waals surface area contributed by atoms with Crippen LogP contribution in [0.3, 0.4) is 0 Å². The van der Waals surface area contributed by atoms with Crippen LogP contribution in [0.2, 0.25) is 0 Å². The summed E-state index contributed by atoms with van der Waals surface area (Å²) in [6.45, 7) is 0. The SMILES string of the molecule is O=S(=O)(O)c1ccccc1.[H-].[Rb+]. The Labute approximate surface area is 116 Å². The van der Waals surface area contributed by atoms with Gasteiger partial charge in [-0.25, -0.2) is 0 Å². The van der Waals surface area contributed by atoms with Crippen LogP contribution in [0.25, 0.3) is 0 Å². The maximum atomic E-state index is 10.4. The summed E-state index contributed by atoms with van der Waals surface area (Å²) in [6.07, 6.45) is 0. The molecule has 1 N–H and O–H groups in total. The summed E-state index contributed by atoms with van der Waals surface area (Å²) < 4.78 is 29.2. The Morgan fingerprint density at radius 1 is 1.18 bits per heavy atom. The van der Waals surface area contributed by atoms with Gasteiger partial charge in [-0.15, -0.1) is 0 Å². The van der Waals surface area contributed by atoms with Gasteiger partial charge >= 0.3 is 58.2 Å². The maximum Gasteiger partial charge on any atom is 1.00 e. The number of benzene rings is 1. The van der Waals surface area contributed by atoms with Crippen molar-refractivity contribution in [3.05, 3.63) is 30.3 Å². The first-order valence-corrected chi connectivity index (χ1v) is 4.07. The second kappa shape index (κ2) is 4.84. The number of hydrogen-bond donors (Lipinski definition) is 1. The molecule has 0 fully saturated rings. The standard InChI is InChI=1S/C6H6O3S.Rb.H/c7-10(8,9)6-4-2-1-3-5-6;;/h1-5H,(H,7,8,9);;/q;+1;-1. The van der Waals surface area contributed by atoms with Gasteiger partial charge in [0.2, 0.25) is 0 Å². The van der Waals surface area contributed by atoms with E-state index in [0.717, 1.165) is 0 Å². The minimum atomic E-state index is -4.00. The number of hydrogen-bond acceptors (Lipinski definition) is 2. The Hall–Kier alpha value is 0.935. The summed E-state index contributed by atoms with van der Waals surface area (Å²) in [5, 5.41) is 0. The molecule has 0 aliphatic rings. The van der Waals surface area contributed by atoms with E-state index < -0.39 is 10.1 Å². The van der Waals surface area contributed by atoms with E-state index in [-0.39, 0.29) is 64.5 Å². The average molecular weight is 245 g/mol. The minimum Gasteiger partial charge on any atom is -1.00 e. The summed E-state index contributed by atoms with van der Waals surface area (Å²) in [5.74, 6) is 0. The molecular formula is C6H7O3RbS. The van der Waals surface area contributed by atoms with Gasteiger partial charge in [0.15, 0.2) is 0 Å². The van der Waals surface area contributed by atoms with Gasteiger partial charge in [-0.2, -0.15) is 8.42 Å². The number of rotatable bonds is 1. The molecule has 0 radical (unpaired) electrons. The molecule has 0 aromatic heterocycles. The Balaban J connectivity index is 0. The van der Waals surface area contributed by atoms with Crippen molar-refractivity contribution in [3.63, 3.8) is 0 Å². The van der Waals surface area contributed by atoms with E-state index in [0.29, 0.717) is 0 Å². The Morgan fingerprint density at radius 2 is 1.64 bits per heavy atom. The zero-order chi connectivity index (χ0) is 7.61. The first-order chi connectivity index (χ1) is 4.61. The van der Waals surface area contributed by atoms with E-state index in [2.05, 4.69) is 0 Å². The van der Waals surface area contributed by atoms with Crippen molar-refractivity contribution in [2.24, 2.45) is 0 Å². The molecule has 0 saturated heterocycles. The first kappa shape index (κ1) is 11.9. The minimum absolute atomic E-state index is 0. The zero-order valence-electron chi connectivity index (χ0n) is 7.06. The van der Waals surface area contributed by atoms with E-state index >= 15 is 0 Å². The van der Waals surface area contributed by atoms with Crippen LogP contribution in [0, 0.1) is 0 Å². The van der Waals surface area contributed by atoms with Gasteiger partial charge in [0.1, 0.15) is 0 Å². The summed E-state index contributed by atoms with van der Waals surface area (Å²) in [7, 11) is -4.00. The largest absolute Gasteiger partial charge is 1.00 e. The van der Waals surface area contributed by atoms with Crippen LogP contribution < -0.4 is 58.2 Å². The van der Waals surface area contributed by atoms with Crippen molar-refractivity contribution >= 4 is 10.1 Å². The summed E-state index contributed by atoms with van der Waals surface area (Å²) >= 11 is 0. The van der Waals surface area contributed by atoms with Gasteiger partial charge in [0.05, 0.1) is 4.90 Å². The second-order valence-electron chi connectivity index (χ2n) is 1.79. The van der Waals surface area contributed by atoms with Crippen molar-refractivity contribution in [2.75, 3.05) is 0 Å². The molecule has 0 spiro atoms. The molecule has 1 rings (SSSR count).